The Balaban J connectivity index is 1.87. The van der Waals surface area contributed by atoms with Crippen LogP contribution in [0.3, 0.4) is 0 Å². The maximum atomic E-state index is 12.2. The van der Waals surface area contributed by atoms with E-state index in [1.54, 1.807) is 0 Å². The zero-order chi connectivity index (χ0) is 12.3. The minimum Gasteiger partial charge on any atom is -0.352 e. The number of carbonyl (C=O) groups excluding carboxylic acids is 2. The zero-order valence-electron chi connectivity index (χ0n) is 10.4. The summed E-state index contributed by atoms with van der Waals surface area (Å²) < 4.78 is 0. The summed E-state index contributed by atoms with van der Waals surface area (Å²) >= 11 is 0. The molecule has 2 aliphatic heterocycles. The van der Waals surface area contributed by atoms with Crippen molar-refractivity contribution < 1.29 is 9.59 Å². The largest absolute Gasteiger partial charge is 0.352 e. The van der Waals surface area contributed by atoms with E-state index >= 15 is 0 Å². The highest BCUT2D eigenvalue weighted by Gasteiger charge is 2.30. The number of likely N-dealkylation sites (tertiary alicyclic amines) is 1. The van der Waals surface area contributed by atoms with Crippen LogP contribution in [0.5, 0.6) is 0 Å². The van der Waals surface area contributed by atoms with Crippen LogP contribution in [0.4, 0.5) is 0 Å². The Labute approximate surface area is 102 Å². The first kappa shape index (κ1) is 12.4. The molecule has 0 aromatic carbocycles. The fourth-order valence-corrected chi connectivity index (χ4v) is 2.70. The molecule has 2 rings (SSSR count). The van der Waals surface area contributed by atoms with Crippen LogP contribution in [0.15, 0.2) is 0 Å². The lowest BCUT2D eigenvalue weighted by Gasteiger charge is -2.34. The van der Waals surface area contributed by atoms with Gasteiger partial charge in [-0.1, -0.05) is 0 Å². The van der Waals surface area contributed by atoms with Gasteiger partial charge in [0.15, 0.2) is 0 Å². The normalized spacial score (nSPS) is 29.1. The molecule has 96 valence electrons. The van der Waals surface area contributed by atoms with Crippen molar-refractivity contribution in [1.29, 1.82) is 0 Å². The molecule has 2 amide bonds. The third-order valence-electron chi connectivity index (χ3n) is 3.50. The topological polar surface area (TPSA) is 61.4 Å². The summed E-state index contributed by atoms with van der Waals surface area (Å²) in [5.41, 5.74) is 0. The molecule has 2 aliphatic rings. The highest BCUT2D eigenvalue weighted by Crippen LogP contribution is 2.14. The average Bonchev–Trinajstić information content (AvgIpc) is 2.81. The summed E-state index contributed by atoms with van der Waals surface area (Å²) in [6.07, 6.45) is 3.98. The van der Waals surface area contributed by atoms with E-state index in [0.29, 0.717) is 6.54 Å². The maximum absolute atomic E-state index is 12.2. The van der Waals surface area contributed by atoms with Crippen molar-refractivity contribution in [1.82, 2.24) is 15.5 Å². The van der Waals surface area contributed by atoms with Gasteiger partial charge in [0.25, 0.3) is 0 Å². The number of nitrogens with zero attached hydrogens (tertiary/aromatic N) is 1. The number of amides is 2. The Bertz CT molecular complexity index is 300. The molecule has 0 radical (unpaired) electrons. The molecule has 0 aromatic heterocycles. The summed E-state index contributed by atoms with van der Waals surface area (Å²) in [5, 5.41) is 6.13. The fraction of sp³-hybridized carbons (Fsp3) is 0.833. The van der Waals surface area contributed by atoms with Crippen LogP contribution in [0.2, 0.25) is 0 Å². The lowest BCUT2D eigenvalue weighted by molar-refractivity contribution is -0.135. The van der Waals surface area contributed by atoms with E-state index in [1.807, 2.05) is 4.90 Å². The van der Waals surface area contributed by atoms with Crippen molar-refractivity contribution in [3.05, 3.63) is 0 Å². The van der Waals surface area contributed by atoms with Crippen molar-refractivity contribution in [2.75, 3.05) is 19.6 Å². The van der Waals surface area contributed by atoms with Gasteiger partial charge in [0.2, 0.25) is 11.8 Å². The second kappa shape index (κ2) is 5.49. The van der Waals surface area contributed by atoms with Gasteiger partial charge in [-0.05, 0) is 32.2 Å². The summed E-state index contributed by atoms with van der Waals surface area (Å²) in [5.74, 6) is 0.195. The first-order chi connectivity index (χ1) is 8.16. The summed E-state index contributed by atoms with van der Waals surface area (Å²) in [6, 6.07) is 0.137. The van der Waals surface area contributed by atoms with Crippen LogP contribution < -0.4 is 10.6 Å². The molecular formula is C12H21N3O2. The highest BCUT2D eigenvalue weighted by atomic mass is 16.2. The van der Waals surface area contributed by atoms with Gasteiger partial charge in [-0.15, -0.1) is 0 Å². The molecule has 2 unspecified atom stereocenters. The van der Waals surface area contributed by atoms with E-state index < -0.39 is 0 Å². The highest BCUT2D eigenvalue weighted by molar-refractivity contribution is 5.82. The molecule has 0 aliphatic carbocycles. The van der Waals surface area contributed by atoms with Gasteiger partial charge in [-0.2, -0.15) is 0 Å². The van der Waals surface area contributed by atoms with Gasteiger partial charge in [0.1, 0.15) is 0 Å². The number of nitrogens with one attached hydrogen (secondary N) is 2. The molecule has 2 heterocycles. The molecule has 0 saturated carbocycles. The lowest BCUT2D eigenvalue weighted by atomic mass is 10.0. The smallest absolute Gasteiger partial charge is 0.239 e. The van der Waals surface area contributed by atoms with Gasteiger partial charge in [0.05, 0.1) is 6.04 Å². The zero-order valence-corrected chi connectivity index (χ0v) is 10.4. The van der Waals surface area contributed by atoms with Gasteiger partial charge >= 0.3 is 0 Å². The van der Waals surface area contributed by atoms with Crippen LogP contribution in [0, 0.1) is 0 Å². The first-order valence-corrected chi connectivity index (χ1v) is 6.46. The third-order valence-corrected chi connectivity index (χ3v) is 3.50. The molecule has 0 bridgehead atoms. The monoisotopic (exact) mass is 239 g/mol. The van der Waals surface area contributed by atoms with Gasteiger partial charge in [-0.25, -0.2) is 0 Å². The number of piperidine rings is 1. The second-order valence-corrected chi connectivity index (χ2v) is 4.97. The van der Waals surface area contributed by atoms with E-state index in [4.69, 9.17) is 0 Å². The van der Waals surface area contributed by atoms with Crippen molar-refractivity contribution in [2.24, 2.45) is 0 Å². The van der Waals surface area contributed by atoms with Crippen LogP contribution in [-0.2, 0) is 9.59 Å². The summed E-state index contributed by atoms with van der Waals surface area (Å²) in [7, 11) is 0. The maximum Gasteiger partial charge on any atom is 0.239 e. The predicted octanol–water partition coefficient (Wildman–Crippen LogP) is -0.134. The molecule has 0 spiro atoms. The number of carbonyl (C=O) groups is 2. The van der Waals surface area contributed by atoms with Gasteiger partial charge in [0, 0.05) is 26.1 Å². The molecule has 2 atom stereocenters. The van der Waals surface area contributed by atoms with Crippen LogP contribution >= 0.6 is 0 Å². The molecule has 17 heavy (non-hydrogen) atoms. The van der Waals surface area contributed by atoms with Crippen molar-refractivity contribution in [3.8, 4) is 0 Å². The molecule has 2 N–H and O–H groups in total. The Hall–Kier alpha value is -1.10. The number of hydrogen-bond acceptors (Lipinski definition) is 3. The Kier molecular flexibility index (Phi) is 3.99. The molecular weight excluding hydrogens is 218 g/mol. The Morgan fingerprint density at radius 2 is 2.12 bits per heavy atom. The third kappa shape index (κ3) is 3.19. The average molecular weight is 239 g/mol. The van der Waals surface area contributed by atoms with Crippen molar-refractivity contribution >= 4 is 11.8 Å². The molecule has 5 nitrogen and oxygen atoms in total. The van der Waals surface area contributed by atoms with Gasteiger partial charge in [-0.3, -0.25) is 9.59 Å². The number of hydrogen-bond donors (Lipinski definition) is 2. The van der Waals surface area contributed by atoms with Crippen LogP contribution in [0.1, 0.15) is 32.6 Å². The van der Waals surface area contributed by atoms with E-state index in [1.165, 1.54) is 6.92 Å². The quantitative estimate of drug-likeness (QED) is 0.705. The standard InChI is InChI=1S/C12H21N3O2/c1-9(16)14-10-4-3-7-15(8-10)12(17)11-5-2-6-13-11/h10-11,13H,2-8H2,1H3,(H,14,16). The van der Waals surface area contributed by atoms with Crippen molar-refractivity contribution in [3.63, 3.8) is 0 Å². The predicted molar refractivity (Wildman–Crippen MR) is 64.4 cm³/mol. The van der Waals surface area contributed by atoms with Crippen LogP contribution in [0.25, 0.3) is 0 Å². The molecule has 2 saturated heterocycles. The van der Waals surface area contributed by atoms with E-state index in [-0.39, 0.29) is 23.9 Å². The van der Waals surface area contributed by atoms with Crippen LogP contribution in [-0.4, -0.2) is 48.4 Å². The first-order valence-electron chi connectivity index (χ1n) is 6.46. The van der Waals surface area contributed by atoms with E-state index in [9.17, 15) is 9.59 Å². The second-order valence-electron chi connectivity index (χ2n) is 4.97. The molecule has 0 aromatic rings. The van der Waals surface area contributed by atoms with Crippen molar-refractivity contribution in [2.45, 2.75) is 44.7 Å². The van der Waals surface area contributed by atoms with Gasteiger partial charge < -0.3 is 15.5 Å². The minimum atomic E-state index is -0.0108. The fourth-order valence-electron chi connectivity index (χ4n) is 2.70. The van der Waals surface area contributed by atoms with E-state index in [0.717, 1.165) is 38.8 Å². The Morgan fingerprint density at radius 1 is 1.29 bits per heavy atom. The number of rotatable bonds is 2. The summed E-state index contributed by atoms with van der Waals surface area (Å²) in [6.45, 7) is 3.96. The minimum absolute atomic E-state index is 0.00563. The SMILES string of the molecule is CC(=O)NC1CCCN(C(=O)C2CCCN2)C1. The lowest BCUT2D eigenvalue weighted by Crippen LogP contribution is -2.53. The molecule has 5 heteroatoms. The summed E-state index contributed by atoms with van der Waals surface area (Å²) in [4.78, 5) is 25.1. The van der Waals surface area contributed by atoms with E-state index in [2.05, 4.69) is 10.6 Å². The molecule has 2 fully saturated rings. The Morgan fingerprint density at radius 3 is 2.76 bits per heavy atom.